The third-order valence-electron chi connectivity index (χ3n) is 14.4. The molecule has 4 aromatic rings. The molecule has 5 atom stereocenters. The molecule has 0 spiro atoms. The molecule has 3 radical (unpaired) electrons. The summed E-state index contributed by atoms with van der Waals surface area (Å²) in [6.07, 6.45) is 3.57. The number of fused-ring (bicyclic) bond motifs is 6. The van der Waals surface area contributed by atoms with Gasteiger partial charge in [0.2, 0.25) is 5.91 Å². The molecule has 0 unspecified atom stereocenters. The standard InChI is InChI=1S/C55H72N7O7Si/c1-12-61-46-20-19-39-30-42(46)43(49(61)41-18-14-25-56-48(41)36(4)67-11)31-53(5,6)34-69-52(66)55(70)23-15-26-62(58-55)51(65)45(29-37-16-13-17-38(39)28-37)57-50(64)44(35(2)3)33-68-40-22-27-60(32-40)47(63)21-24-54(7,8)59(9)10/h13-14,16-20,25,28,30,35-36,40,44-45,58H,12,15,22-23,26-27,29,31-34H2,1-11H3,(H,57,64)/t36-,40-,44-,45-,55-/m0/s1. The first-order valence-corrected chi connectivity index (χ1v) is 25.3. The maximum atomic E-state index is 14.8. The first-order valence-electron chi connectivity index (χ1n) is 24.8. The molecular weight excluding hydrogens is 899 g/mol. The number of nitrogens with zero attached hydrogens (tertiary/aromatic N) is 5. The van der Waals surface area contributed by atoms with Gasteiger partial charge in [-0.3, -0.25) is 34.1 Å². The molecule has 0 aliphatic carbocycles. The highest BCUT2D eigenvalue weighted by atomic mass is 28.1. The lowest BCUT2D eigenvalue weighted by atomic mass is 9.84. The van der Waals surface area contributed by atoms with Crippen molar-refractivity contribution >= 4 is 44.8 Å². The number of likely N-dealkylation sites (tertiary alicyclic amines) is 1. The summed E-state index contributed by atoms with van der Waals surface area (Å²) < 4.78 is 20.7. The number of cyclic esters (lactones) is 1. The highest BCUT2D eigenvalue weighted by Crippen LogP contribution is 2.42. The van der Waals surface area contributed by atoms with Crippen molar-refractivity contribution in [2.24, 2.45) is 17.3 Å². The van der Waals surface area contributed by atoms with Crippen LogP contribution < -0.4 is 10.7 Å². The Balaban J connectivity index is 1.22. The number of hydrogen-bond donors (Lipinski definition) is 2. The number of rotatable bonds is 11. The first-order chi connectivity index (χ1) is 33.1. The largest absolute Gasteiger partial charge is 0.464 e. The molecular formula is C55H72N7O7Si. The normalized spacial score (nSPS) is 21.8. The lowest BCUT2D eigenvalue weighted by molar-refractivity contribution is -0.158. The topological polar surface area (TPSA) is 148 Å². The van der Waals surface area contributed by atoms with Crippen molar-refractivity contribution in [3.8, 4) is 34.2 Å². The third kappa shape index (κ3) is 11.5. The first kappa shape index (κ1) is 52.5. The molecule has 7 rings (SSSR count). The third-order valence-corrected chi connectivity index (χ3v) is 15.0. The van der Waals surface area contributed by atoms with Crippen LogP contribution >= 0.6 is 0 Å². The number of hydrazine groups is 1. The van der Waals surface area contributed by atoms with Gasteiger partial charge in [0.1, 0.15) is 11.2 Å². The zero-order chi connectivity index (χ0) is 50.7. The summed E-state index contributed by atoms with van der Waals surface area (Å²) in [5, 5.41) is 4.28. The highest BCUT2D eigenvalue weighted by molar-refractivity contribution is 6.27. The highest BCUT2D eigenvalue weighted by Gasteiger charge is 2.43. The van der Waals surface area contributed by atoms with E-state index in [1.807, 2.05) is 71.8 Å². The molecule has 373 valence electrons. The van der Waals surface area contributed by atoms with Gasteiger partial charge in [-0.25, -0.2) is 5.43 Å². The van der Waals surface area contributed by atoms with E-state index in [1.54, 1.807) is 18.2 Å². The van der Waals surface area contributed by atoms with Gasteiger partial charge in [0.05, 0.1) is 58.5 Å². The molecule has 2 aromatic carbocycles. The molecule has 2 N–H and O–H groups in total. The fourth-order valence-corrected chi connectivity index (χ4v) is 9.96. The SMILES string of the molecule is CCn1c(-c2cccnc2[C@H](C)OC)c2c3cc(ccc31)-c1cccc(c1)C[C@H](NC(=O)[C@@H](CO[C@H]1CCN(C(=O)C#CC(C)(C)N(C)C)C1)C(C)C)C(=O)N1CCC[C@@]([Si])(N1)C(=O)OCC(C)(C)C2. The number of ether oxygens (including phenoxy) is 3. The summed E-state index contributed by atoms with van der Waals surface area (Å²) in [7, 11) is 9.30. The molecule has 2 fully saturated rings. The van der Waals surface area contributed by atoms with Crippen molar-refractivity contribution in [1.29, 1.82) is 0 Å². The Bertz CT molecular complexity index is 2650. The van der Waals surface area contributed by atoms with Crippen LogP contribution in [0, 0.1) is 29.1 Å². The molecule has 0 saturated carbocycles. The van der Waals surface area contributed by atoms with Crippen molar-refractivity contribution < 1.29 is 33.4 Å². The number of aryl methyl sites for hydroxylation is 1. The van der Waals surface area contributed by atoms with Crippen LogP contribution in [-0.4, -0.2) is 135 Å². The second-order valence-electron chi connectivity index (χ2n) is 21.2. The molecule has 3 aliphatic heterocycles. The van der Waals surface area contributed by atoms with E-state index in [2.05, 4.69) is 94.6 Å². The van der Waals surface area contributed by atoms with Crippen molar-refractivity contribution in [1.82, 2.24) is 35.1 Å². The minimum atomic E-state index is -1.39. The summed E-state index contributed by atoms with van der Waals surface area (Å²) in [6, 6.07) is 17.8. The molecule has 5 heterocycles. The number of hydrogen-bond acceptors (Lipinski definition) is 10. The fourth-order valence-electron chi connectivity index (χ4n) is 9.58. The van der Waals surface area contributed by atoms with E-state index in [-0.39, 0.29) is 55.5 Å². The van der Waals surface area contributed by atoms with Crippen molar-refractivity contribution in [3.63, 3.8) is 0 Å². The van der Waals surface area contributed by atoms with E-state index in [0.29, 0.717) is 51.9 Å². The van der Waals surface area contributed by atoms with Crippen molar-refractivity contribution in [3.05, 3.63) is 77.6 Å². The number of esters is 1. The van der Waals surface area contributed by atoms with Crippen LogP contribution in [0.25, 0.3) is 33.3 Å². The molecule has 15 heteroatoms. The van der Waals surface area contributed by atoms with E-state index in [9.17, 15) is 19.2 Å². The average molecular weight is 971 g/mol. The Morgan fingerprint density at radius 2 is 1.83 bits per heavy atom. The van der Waals surface area contributed by atoms with Gasteiger partial charge in [-0.05, 0) is 126 Å². The summed E-state index contributed by atoms with van der Waals surface area (Å²) in [6.45, 7) is 18.4. The summed E-state index contributed by atoms with van der Waals surface area (Å²) in [5.74, 6) is 3.70. The maximum Gasteiger partial charge on any atom is 0.323 e. The van der Waals surface area contributed by atoms with E-state index in [1.165, 1.54) is 5.01 Å². The van der Waals surface area contributed by atoms with Crippen molar-refractivity contribution in [2.45, 2.75) is 123 Å². The number of carbonyl (C=O) groups excluding carboxylic acids is 4. The van der Waals surface area contributed by atoms with Gasteiger partial charge < -0.3 is 29.0 Å². The molecule has 3 aliphatic rings. The zero-order valence-corrected chi connectivity index (χ0v) is 44.0. The van der Waals surface area contributed by atoms with E-state index >= 15 is 0 Å². The van der Waals surface area contributed by atoms with Crippen LogP contribution in [0.5, 0.6) is 0 Å². The summed E-state index contributed by atoms with van der Waals surface area (Å²) in [4.78, 5) is 65.1. The molecule has 3 amide bonds. The van der Waals surface area contributed by atoms with Crippen LogP contribution in [-0.2, 0) is 52.8 Å². The van der Waals surface area contributed by atoms with Crippen molar-refractivity contribution in [2.75, 3.05) is 54.1 Å². The fraction of sp³-hybridized carbons (Fsp3) is 0.545. The Morgan fingerprint density at radius 3 is 2.54 bits per heavy atom. The van der Waals surface area contributed by atoms with Gasteiger partial charge in [-0.1, -0.05) is 63.9 Å². The molecule has 2 saturated heterocycles. The summed E-state index contributed by atoms with van der Waals surface area (Å²) in [5.41, 5.74) is 10.1. The van der Waals surface area contributed by atoms with Crippen LogP contribution in [0.2, 0.25) is 0 Å². The maximum absolute atomic E-state index is 14.8. The Hall–Kier alpha value is -5.37. The van der Waals surface area contributed by atoms with Crippen LogP contribution in [0.4, 0.5) is 0 Å². The Morgan fingerprint density at radius 1 is 1.07 bits per heavy atom. The van der Waals surface area contributed by atoms with E-state index < -0.39 is 34.0 Å². The molecule has 70 heavy (non-hydrogen) atoms. The second-order valence-corrected chi connectivity index (χ2v) is 22.0. The lowest BCUT2D eigenvalue weighted by Gasteiger charge is -2.41. The predicted octanol–water partition coefficient (Wildman–Crippen LogP) is 6.48. The minimum absolute atomic E-state index is 0.109. The van der Waals surface area contributed by atoms with Crippen LogP contribution in [0.15, 0.2) is 60.8 Å². The lowest BCUT2D eigenvalue weighted by Crippen LogP contribution is -2.67. The monoisotopic (exact) mass is 971 g/mol. The Labute approximate surface area is 417 Å². The van der Waals surface area contributed by atoms with Gasteiger partial charge in [0, 0.05) is 67.8 Å². The zero-order valence-electron chi connectivity index (χ0n) is 43.0. The average Bonchev–Trinajstić information content (AvgIpc) is 3.93. The van der Waals surface area contributed by atoms with Gasteiger partial charge in [0.25, 0.3) is 11.8 Å². The van der Waals surface area contributed by atoms with Crippen LogP contribution in [0.1, 0.15) is 97.6 Å². The second kappa shape index (κ2) is 21.5. The number of amides is 3. The quantitative estimate of drug-likeness (QED) is 0.0974. The van der Waals surface area contributed by atoms with Gasteiger partial charge in [-0.2, -0.15) is 0 Å². The molecule has 14 nitrogen and oxygen atoms in total. The number of benzene rings is 2. The smallest absolute Gasteiger partial charge is 0.323 e. The number of nitrogens with one attached hydrogen (secondary N) is 2. The number of methoxy groups -OCH3 is 1. The number of carbonyl (C=O) groups is 4. The molecule has 2 aromatic heterocycles. The minimum Gasteiger partial charge on any atom is -0.464 e. The number of aromatic nitrogens is 2. The number of pyridine rings is 1. The molecule has 6 bridgehead atoms. The predicted molar refractivity (Wildman–Crippen MR) is 273 cm³/mol. The van der Waals surface area contributed by atoms with E-state index in [0.717, 1.165) is 50.1 Å². The van der Waals surface area contributed by atoms with Gasteiger partial charge in [0.15, 0.2) is 0 Å². The van der Waals surface area contributed by atoms with Gasteiger partial charge >= 0.3 is 5.97 Å². The van der Waals surface area contributed by atoms with Crippen LogP contribution in [0.3, 0.4) is 0 Å². The Kier molecular flexibility index (Phi) is 16.1. The van der Waals surface area contributed by atoms with E-state index in [4.69, 9.17) is 19.2 Å². The van der Waals surface area contributed by atoms with Gasteiger partial charge in [-0.15, -0.1) is 0 Å². The summed E-state index contributed by atoms with van der Waals surface area (Å²) >= 11 is 0.